The van der Waals surface area contributed by atoms with Crippen LogP contribution in [0.25, 0.3) is 0 Å². The Morgan fingerprint density at radius 3 is 2.44 bits per heavy atom. The number of hydrogen-bond donors (Lipinski definition) is 1. The zero-order valence-corrected chi connectivity index (χ0v) is 16.1. The zero-order valence-electron chi connectivity index (χ0n) is 13.8. The fourth-order valence-corrected chi connectivity index (χ4v) is 3.59. The van der Waals surface area contributed by atoms with Crippen molar-refractivity contribution in [3.05, 3.63) is 58.1 Å². The molecule has 0 aliphatic rings. The number of aryl methyl sites for hydroxylation is 1. The SMILES string of the molecule is CCc1ccccc1N(CC(=O)Nc1cccc(Cl)c1Cl)S(C)(=O)=O. The van der Waals surface area contributed by atoms with Crippen molar-refractivity contribution in [1.82, 2.24) is 0 Å². The molecule has 8 heteroatoms. The predicted octanol–water partition coefficient (Wildman–Crippen LogP) is 3.96. The molecule has 0 bridgehead atoms. The Morgan fingerprint density at radius 1 is 1.12 bits per heavy atom. The number of carbonyl (C=O) groups is 1. The first-order chi connectivity index (χ1) is 11.7. The van der Waals surface area contributed by atoms with Gasteiger partial charge in [0.25, 0.3) is 0 Å². The number of nitrogens with zero attached hydrogens (tertiary/aromatic N) is 1. The number of hydrogen-bond acceptors (Lipinski definition) is 3. The summed E-state index contributed by atoms with van der Waals surface area (Å²) in [5.74, 6) is -0.513. The summed E-state index contributed by atoms with van der Waals surface area (Å²) in [6, 6.07) is 11.9. The zero-order chi connectivity index (χ0) is 18.6. The van der Waals surface area contributed by atoms with Gasteiger partial charge in [0.2, 0.25) is 15.9 Å². The van der Waals surface area contributed by atoms with Gasteiger partial charge in [0.1, 0.15) is 6.54 Å². The van der Waals surface area contributed by atoms with Gasteiger partial charge in [-0.1, -0.05) is 54.4 Å². The molecule has 0 heterocycles. The van der Waals surface area contributed by atoms with Crippen LogP contribution in [-0.2, 0) is 21.2 Å². The minimum atomic E-state index is -3.64. The molecule has 25 heavy (non-hydrogen) atoms. The van der Waals surface area contributed by atoms with Crippen LogP contribution in [0, 0.1) is 0 Å². The number of para-hydroxylation sites is 1. The Labute approximate surface area is 157 Å². The van der Waals surface area contributed by atoms with E-state index in [0.29, 0.717) is 22.8 Å². The highest BCUT2D eigenvalue weighted by Crippen LogP contribution is 2.30. The molecule has 0 unspecified atom stereocenters. The van der Waals surface area contributed by atoms with Crippen molar-refractivity contribution in [2.45, 2.75) is 13.3 Å². The summed E-state index contributed by atoms with van der Waals surface area (Å²) in [5.41, 5.74) is 1.65. The van der Waals surface area contributed by atoms with Gasteiger partial charge in [-0.2, -0.15) is 0 Å². The van der Waals surface area contributed by atoms with Crippen molar-refractivity contribution in [1.29, 1.82) is 0 Å². The van der Waals surface area contributed by atoms with E-state index in [2.05, 4.69) is 5.32 Å². The average molecular weight is 401 g/mol. The van der Waals surface area contributed by atoms with Crippen molar-refractivity contribution in [3.8, 4) is 0 Å². The number of sulfonamides is 1. The van der Waals surface area contributed by atoms with Crippen LogP contribution in [0.3, 0.4) is 0 Å². The van der Waals surface area contributed by atoms with Gasteiger partial charge in [-0.15, -0.1) is 0 Å². The lowest BCUT2D eigenvalue weighted by Crippen LogP contribution is -2.38. The number of amides is 1. The second-order valence-electron chi connectivity index (χ2n) is 5.40. The second kappa shape index (κ2) is 8.08. The smallest absolute Gasteiger partial charge is 0.245 e. The molecule has 0 spiro atoms. The Kier molecular flexibility index (Phi) is 6.32. The maximum Gasteiger partial charge on any atom is 0.245 e. The minimum absolute atomic E-state index is 0.206. The van der Waals surface area contributed by atoms with Gasteiger partial charge < -0.3 is 5.32 Å². The first-order valence-corrected chi connectivity index (χ1v) is 10.1. The first-order valence-electron chi connectivity index (χ1n) is 7.53. The third-order valence-electron chi connectivity index (χ3n) is 3.55. The Balaban J connectivity index is 2.29. The van der Waals surface area contributed by atoms with Crippen LogP contribution in [0.5, 0.6) is 0 Å². The molecule has 5 nitrogen and oxygen atoms in total. The number of nitrogens with one attached hydrogen (secondary N) is 1. The maximum absolute atomic E-state index is 12.4. The van der Waals surface area contributed by atoms with Crippen LogP contribution in [0.1, 0.15) is 12.5 Å². The molecule has 0 aliphatic heterocycles. The molecule has 2 aromatic carbocycles. The molecule has 0 aromatic heterocycles. The summed E-state index contributed by atoms with van der Waals surface area (Å²) in [7, 11) is -3.64. The van der Waals surface area contributed by atoms with E-state index in [1.165, 1.54) is 0 Å². The third-order valence-corrected chi connectivity index (χ3v) is 5.50. The summed E-state index contributed by atoms with van der Waals surface area (Å²) in [4.78, 5) is 12.4. The normalized spacial score (nSPS) is 11.2. The quantitative estimate of drug-likeness (QED) is 0.797. The van der Waals surface area contributed by atoms with Gasteiger partial charge >= 0.3 is 0 Å². The molecule has 0 saturated carbocycles. The molecule has 1 N–H and O–H groups in total. The Bertz CT molecular complexity index is 885. The number of benzene rings is 2. The van der Waals surface area contributed by atoms with E-state index in [9.17, 15) is 13.2 Å². The molecular formula is C17H18Cl2N2O3S. The molecule has 0 atom stereocenters. The lowest BCUT2D eigenvalue weighted by Gasteiger charge is -2.24. The fraction of sp³-hybridized carbons (Fsp3) is 0.235. The molecule has 0 fully saturated rings. The van der Waals surface area contributed by atoms with Gasteiger partial charge in [-0.05, 0) is 30.2 Å². The highest BCUT2D eigenvalue weighted by Gasteiger charge is 2.23. The summed E-state index contributed by atoms with van der Waals surface area (Å²) in [6.45, 7) is 1.56. The number of carbonyl (C=O) groups excluding carboxylic acids is 1. The maximum atomic E-state index is 12.4. The predicted molar refractivity (Wildman–Crippen MR) is 103 cm³/mol. The molecule has 0 radical (unpaired) electrons. The first kappa shape index (κ1) is 19.6. The van der Waals surface area contributed by atoms with Crippen molar-refractivity contribution in [2.75, 3.05) is 22.4 Å². The van der Waals surface area contributed by atoms with Crippen LogP contribution in [-0.4, -0.2) is 27.1 Å². The lowest BCUT2D eigenvalue weighted by atomic mass is 10.1. The summed E-state index contributed by atoms with van der Waals surface area (Å²) < 4.78 is 25.5. The second-order valence-corrected chi connectivity index (χ2v) is 8.09. The van der Waals surface area contributed by atoms with Gasteiger partial charge in [-0.25, -0.2) is 8.42 Å². The van der Waals surface area contributed by atoms with E-state index in [4.69, 9.17) is 23.2 Å². The van der Waals surface area contributed by atoms with Gasteiger partial charge in [0.05, 0.1) is 27.7 Å². The summed E-state index contributed by atoms with van der Waals surface area (Å²) >= 11 is 12.0. The van der Waals surface area contributed by atoms with Gasteiger partial charge in [0.15, 0.2) is 0 Å². The van der Waals surface area contributed by atoms with Crippen molar-refractivity contribution in [3.63, 3.8) is 0 Å². The van der Waals surface area contributed by atoms with Crippen LogP contribution < -0.4 is 9.62 Å². The average Bonchev–Trinajstić information content (AvgIpc) is 2.56. The number of rotatable bonds is 6. The summed E-state index contributed by atoms with van der Waals surface area (Å²) in [5, 5.41) is 3.11. The molecule has 0 aliphatic carbocycles. The largest absolute Gasteiger partial charge is 0.323 e. The minimum Gasteiger partial charge on any atom is -0.323 e. The number of halogens is 2. The van der Waals surface area contributed by atoms with Gasteiger partial charge in [0, 0.05) is 0 Å². The Morgan fingerprint density at radius 2 is 1.80 bits per heavy atom. The van der Waals surface area contributed by atoms with Crippen LogP contribution >= 0.6 is 23.2 Å². The molecule has 0 saturated heterocycles. The molecule has 2 aromatic rings. The number of anilines is 2. The van der Waals surface area contributed by atoms with E-state index >= 15 is 0 Å². The van der Waals surface area contributed by atoms with E-state index in [1.807, 2.05) is 19.1 Å². The standard InChI is InChI=1S/C17H18Cl2N2O3S/c1-3-12-7-4-5-10-15(12)21(25(2,23)24)11-16(22)20-14-9-6-8-13(18)17(14)19/h4-10H,3,11H2,1-2H3,(H,20,22). The molecule has 2 rings (SSSR count). The van der Waals surface area contributed by atoms with Crippen molar-refractivity contribution >= 4 is 50.5 Å². The molecular weight excluding hydrogens is 383 g/mol. The van der Waals surface area contributed by atoms with E-state index < -0.39 is 15.9 Å². The summed E-state index contributed by atoms with van der Waals surface area (Å²) in [6.07, 6.45) is 1.71. The highest BCUT2D eigenvalue weighted by atomic mass is 35.5. The molecule has 134 valence electrons. The third kappa shape index (κ3) is 4.87. The highest BCUT2D eigenvalue weighted by molar-refractivity contribution is 7.92. The van der Waals surface area contributed by atoms with E-state index in [-0.39, 0.29) is 11.6 Å². The lowest BCUT2D eigenvalue weighted by molar-refractivity contribution is -0.114. The van der Waals surface area contributed by atoms with Crippen molar-refractivity contribution < 1.29 is 13.2 Å². The molecule has 1 amide bonds. The Hall–Kier alpha value is -1.76. The topological polar surface area (TPSA) is 66.5 Å². The van der Waals surface area contributed by atoms with Gasteiger partial charge in [-0.3, -0.25) is 9.10 Å². The van der Waals surface area contributed by atoms with Crippen molar-refractivity contribution in [2.24, 2.45) is 0 Å². The van der Waals surface area contributed by atoms with Crippen LogP contribution in [0.15, 0.2) is 42.5 Å². The van der Waals surface area contributed by atoms with E-state index in [1.54, 1.807) is 30.3 Å². The van der Waals surface area contributed by atoms with Crippen LogP contribution in [0.4, 0.5) is 11.4 Å². The fourth-order valence-electron chi connectivity index (χ4n) is 2.35. The van der Waals surface area contributed by atoms with Crippen LogP contribution in [0.2, 0.25) is 10.0 Å². The monoisotopic (exact) mass is 400 g/mol. The van der Waals surface area contributed by atoms with E-state index in [0.717, 1.165) is 16.1 Å².